The fourth-order valence-electron chi connectivity index (χ4n) is 2.56. The zero-order valence-electron chi connectivity index (χ0n) is 17.5. The summed E-state index contributed by atoms with van der Waals surface area (Å²) in [4.78, 5) is 37.7. The molecule has 30 heavy (non-hydrogen) atoms. The monoisotopic (exact) mass is 419 g/mol. The molecule has 1 aromatic carbocycles. The Bertz CT molecular complexity index is 911. The van der Waals surface area contributed by atoms with E-state index in [2.05, 4.69) is 15.6 Å². The molecule has 0 saturated heterocycles. The predicted molar refractivity (Wildman–Crippen MR) is 105 cm³/mol. The Morgan fingerprint density at radius 3 is 2.43 bits per heavy atom. The lowest BCUT2D eigenvalue weighted by atomic mass is 10.0. The van der Waals surface area contributed by atoms with Crippen LogP contribution in [0.4, 0.5) is 0 Å². The maximum absolute atomic E-state index is 12.7. The molecule has 2 aromatic rings. The number of carbonyl (C=O) groups is 3. The topological polar surface area (TPSA) is 125 Å². The van der Waals surface area contributed by atoms with Gasteiger partial charge in [-0.1, -0.05) is 11.3 Å². The van der Waals surface area contributed by atoms with Gasteiger partial charge in [0.2, 0.25) is 5.91 Å². The number of methoxy groups -OCH3 is 3. The molecule has 2 amide bonds. The Kier molecular flexibility index (Phi) is 7.73. The van der Waals surface area contributed by atoms with E-state index in [1.165, 1.54) is 37.1 Å². The number of ether oxygens (including phenoxy) is 3. The maximum atomic E-state index is 12.7. The van der Waals surface area contributed by atoms with Gasteiger partial charge in [-0.05, 0) is 17.7 Å². The quantitative estimate of drug-likeness (QED) is 0.580. The van der Waals surface area contributed by atoms with Gasteiger partial charge in [-0.3, -0.25) is 14.4 Å². The van der Waals surface area contributed by atoms with Crippen molar-refractivity contribution in [3.05, 3.63) is 35.7 Å². The van der Waals surface area contributed by atoms with Crippen LogP contribution in [0.2, 0.25) is 0 Å². The van der Waals surface area contributed by atoms with Crippen LogP contribution in [0.5, 0.6) is 11.5 Å². The summed E-state index contributed by atoms with van der Waals surface area (Å²) in [6.45, 7) is -0.0471. The van der Waals surface area contributed by atoms with E-state index in [0.717, 1.165) is 0 Å². The van der Waals surface area contributed by atoms with Crippen LogP contribution in [-0.2, 0) is 20.9 Å². The molecular weight excluding hydrogens is 394 g/mol. The third-order valence-electron chi connectivity index (χ3n) is 4.28. The Morgan fingerprint density at radius 1 is 1.13 bits per heavy atom. The van der Waals surface area contributed by atoms with E-state index < -0.39 is 17.9 Å². The summed E-state index contributed by atoms with van der Waals surface area (Å²) in [6.07, 6.45) is 1.26. The zero-order chi connectivity index (χ0) is 22.3. The molecule has 0 radical (unpaired) electrons. The first kappa shape index (κ1) is 22.7. The number of aromatic nitrogens is 3. The predicted octanol–water partition coefficient (Wildman–Crippen LogP) is 0.418. The summed E-state index contributed by atoms with van der Waals surface area (Å²) in [6, 6.07) is 4.34. The van der Waals surface area contributed by atoms with E-state index >= 15 is 0 Å². The van der Waals surface area contributed by atoms with Gasteiger partial charge in [0.1, 0.15) is 6.54 Å². The molecule has 0 saturated carbocycles. The number of esters is 1. The number of hydrogen-bond acceptors (Lipinski definition) is 8. The maximum Gasteiger partial charge on any atom is 0.307 e. The van der Waals surface area contributed by atoms with E-state index in [1.54, 1.807) is 32.3 Å². The summed E-state index contributed by atoms with van der Waals surface area (Å²) in [5.74, 6) is -0.288. The summed E-state index contributed by atoms with van der Waals surface area (Å²) >= 11 is 0. The average Bonchev–Trinajstić information content (AvgIpc) is 3.20. The molecule has 0 fully saturated rings. The van der Waals surface area contributed by atoms with Crippen LogP contribution in [0.1, 0.15) is 28.5 Å². The van der Waals surface area contributed by atoms with E-state index in [9.17, 15) is 14.4 Å². The fraction of sp³-hybridized carbons (Fsp3) is 0.421. The van der Waals surface area contributed by atoms with Crippen LogP contribution >= 0.6 is 0 Å². The van der Waals surface area contributed by atoms with Gasteiger partial charge in [0, 0.05) is 14.1 Å². The second kappa shape index (κ2) is 10.2. The number of rotatable bonds is 9. The van der Waals surface area contributed by atoms with Crippen molar-refractivity contribution in [1.82, 2.24) is 25.2 Å². The minimum Gasteiger partial charge on any atom is -0.493 e. The highest BCUT2D eigenvalue weighted by molar-refractivity contribution is 5.92. The number of hydrogen-bond donors (Lipinski definition) is 1. The van der Waals surface area contributed by atoms with Crippen LogP contribution in [0.25, 0.3) is 0 Å². The highest BCUT2D eigenvalue weighted by Crippen LogP contribution is 2.31. The fourth-order valence-corrected chi connectivity index (χ4v) is 2.56. The average molecular weight is 419 g/mol. The third kappa shape index (κ3) is 5.69. The summed E-state index contributed by atoms with van der Waals surface area (Å²) in [7, 11) is 7.50. The summed E-state index contributed by atoms with van der Waals surface area (Å²) in [5, 5.41) is 10.3. The Labute approximate surface area is 173 Å². The third-order valence-corrected chi connectivity index (χ3v) is 4.28. The van der Waals surface area contributed by atoms with Crippen LogP contribution in [0.15, 0.2) is 24.4 Å². The number of likely N-dealkylation sites (N-methyl/N-ethyl adjacent to an activating group) is 1. The van der Waals surface area contributed by atoms with E-state index in [1.807, 2.05) is 0 Å². The second-order valence-electron chi connectivity index (χ2n) is 6.51. The van der Waals surface area contributed by atoms with Crippen molar-refractivity contribution in [2.75, 3.05) is 35.4 Å². The lowest BCUT2D eigenvalue weighted by Crippen LogP contribution is -2.31. The van der Waals surface area contributed by atoms with Crippen molar-refractivity contribution in [2.45, 2.75) is 19.0 Å². The Hall–Kier alpha value is -3.63. The molecule has 2 rings (SSSR count). The minimum absolute atomic E-state index is 0.0110. The molecule has 11 heteroatoms. The molecule has 1 aromatic heterocycles. The molecule has 162 valence electrons. The van der Waals surface area contributed by atoms with Crippen molar-refractivity contribution in [3.63, 3.8) is 0 Å². The molecule has 0 bridgehead atoms. The minimum atomic E-state index is -0.710. The summed E-state index contributed by atoms with van der Waals surface area (Å²) in [5.41, 5.74) is 0.624. The highest BCUT2D eigenvalue weighted by atomic mass is 16.5. The second-order valence-corrected chi connectivity index (χ2v) is 6.51. The van der Waals surface area contributed by atoms with Gasteiger partial charge in [-0.25, -0.2) is 4.68 Å². The Balaban J connectivity index is 2.22. The zero-order valence-corrected chi connectivity index (χ0v) is 17.5. The first-order valence-electron chi connectivity index (χ1n) is 8.98. The van der Waals surface area contributed by atoms with Crippen LogP contribution in [0, 0.1) is 0 Å². The number of nitrogens with one attached hydrogen (secondary N) is 1. The highest BCUT2D eigenvalue weighted by Gasteiger charge is 2.23. The molecule has 0 spiro atoms. The van der Waals surface area contributed by atoms with Crippen molar-refractivity contribution >= 4 is 17.8 Å². The van der Waals surface area contributed by atoms with Gasteiger partial charge in [0.05, 0.1) is 40.0 Å². The lowest BCUT2D eigenvalue weighted by Gasteiger charge is -2.19. The summed E-state index contributed by atoms with van der Waals surface area (Å²) < 4.78 is 16.5. The smallest absolute Gasteiger partial charge is 0.307 e. The van der Waals surface area contributed by atoms with Gasteiger partial charge in [-0.15, -0.1) is 5.10 Å². The molecule has 0 aliphatic carbocycles. The van der Waals surface area contributed by atoms with Crippen molar-refractivity contribution in [3.8, 4) is 11.5 Å². The van der Waals surface area contributed by atoms with Crippen LogP contribution in [-0.4, -0.2) is 73.1 Å². The normalized spacial score (nSPS) is 11.4. The number of benzene rings is 1. The van der Waals surface area contributed by atoms with Crippen molar-refractivity contribution in [2.24, 2.45) is 0 Å². The van der Waals surface area contributed by atoms with E-state index in [0.29, 0.717) is 17.1 Å². The molecule has 1 atom stereocenters. The van der Waals surface area contributed by atoms with Gasteiger partial charge >= 0.3 is 5.97 Å². The van der Waals surface area contributed by atoms with Gasteiger partial charge < -0.3 is 24.4 Å². The Morgan fingerprint density at radius 2 is 1.83 bits per heavy atom. The van der Waals surface area contributed by atoms with Gasteiger partial charge in [0.25, 0.3) is 5.91 Å². The molecule has 0 unspecified atom stereocenters. The number of amides is 2. The first-order valence-corrected chi connectivity index (χ1v) is 8.98. The standard InChI is InChI=1S/C19H25N5O6/c1-23(2)17(25)11-24-10-14(21-22-24)19(27)20-13(9-18(26)30-5)12-6-7-15(28-3)16(8-12)29-4/h6-8,10,13H,9,11H2,1-5H3,(H,20,27)/t13-/m0/s1. The number of carbonyl (C=O) groups excluding carboxylic acids is 3. The van der Waals surface area contributed by atoms with E-state index in [-0.39, 0.29) is 24.6 Å². The van der Waals surface area contributed by atoms with E-state index in [4.69, 9.17) is 14.2 Å². The molecular formula is C19H25N5O6. The molecule has 1 heterocycles. The van der Waals surface area contributed by atoms with Gasteiger partial charge in [0.15, 0.2) is 17.2 Å². The largest absolute Gasteiger partial charge is 0.493 e. The number of nitrogens with zero attached hydrogens (tertiary/aromatic N) is 4. The lowest BCUT2D eigenvalue weighted by molar-refractivity contribution is -0.141. The molecule has 0 aliphatic rings. The first-order chi connectivity index (χ1) is 14.3. The van der Waals surface area contributed by atoms with Crippen molar-refractivity contribution in [1.29, 1.82) is 0 Å². The SMILES string of the molecule is COC(=O)C[C@H](NC(=O)c1cn(CC(=O)N(C)C)nn1)c1ccc(OC)c(OC)c1. The van der Waals surface area contributed by atoms with Crippen LogP contribution in [0.3, 0.4) is 0 Å². The molecule has 1 N–H and O–H groups in total. The molecule has 0 aliphatic heterocycles. The molecule has 11 nitrogen and oxygen atoms in total. The van der Waals surface area contributed by atoms with Gasteiger partial charge in [-0.2, -0.15) is 0 Å². The van der Waals surface area contributed by atoms with Crippen molar-refractivity contribution < 1.29 is 28.6 Å². The van der Waals surface area contributed by atoms with Crippen LogP contribution < -0.4 is 14.8 Å².